The number of amides is 1. The Kier molecular flexibility index (Phi) is 8.95. The zero-order chi connectivity index (χ0) is 21.2. The summed E-state index contributed by atoms with van der Waals surface area (Å²) >= 11 is 0. The lowest BCUT2D eigenvalue weighted by Crippen LogP contribution is -2.34. The fourth-order valence-electron chi connectivity index (χ4n) is 3.33. The average molecular weight is 398 g/mol. The summed E-state index contributed by atoms with van der Waals surface area (Å²) in [6.07, 6.45) is 6.70. The molecule has 1 aromatic carbocycles. The summed E-state index contributed by atoms with van der Waals surface area (Å²) in [5, 5.41) is 10.3. The second-order valence-corrected chi connectivity index (χ2v) is 7.40. The van der Waals surface area contributed by atoms with Gasteiger partial charge in [-0.3, -0.25) is 4.79 Å². The van der Waals surface area contributed by atoms with E-state index in [0.29, 0.717) is 31.4 Å². The molecule has 5 heteroatoms. The predicted octanol–water partition coefficient (Wildman–Crippen LogP) is 3.36. The third-order valence-electron chi connectivity index (χ3n) is 5.23. The lowest BCUT2D eigenvalue weighted by atomic mass is 10.00. The van der Waals surface area contributed by atoms with E-state index in [2.05, 4.69) is 11.8 Å². The molecule has 2 rings (SSSR count). The lowest BCUT2D eigenvalue weighted by molar-refractivity contribution is -0.128. The maximum Gasteiger partial charge on any atom is 0.337 e. The van der Waals surface area contributed by atoms with Crippen molar-refractivity contribution in [2.75, 3.05) is 13.7 Å². The largest absolute Gasteiger partial charge is 0.465 e. The molecule has 1 heterocycles. The molecule has 1 amide bonds. The van der Waals surface area contributed by atoms with Crippen LogP contribution in [0.1, 0.15) is 55.5 Å². The quantitative estimate of drug-likeness (QED) is 0.415. The summed E-state index contributed by atoms with van der Waals surface area (Å²) in [5.41, 5.74) is 1.57. The molecule has 1 aliphatic heterocycles. The molecule has 0 bridgehead atoms. The number of hydrogen-bond acceptors (Lipinski definition) is 4. The minimum atomic E-state index is -0.565. The van der Waals surface area contributed by atoms with Gasteiger partial charge in [0.2, 0.25) is 5.91 Å². The molecule has 3 atom stereocenters. The molecule has 0 aromatic heterocycles. The molecule has 1 aromatic rings. The molecule has 156 valence electrons. The number of nitrogens with zero attached hydrogens (tertiary/aromatic N) is 1. The van der Waals surface area contributed by atoms with Gasteiger partial charge in [-0.1, -0.05) is 38.1 Å². The number of methoxy groups -OCH3 is 1. The number of aliphatic hydroxyl groups excluding tert-OH is 1. The molecule has 0 spiro atoms. The number of hydrogen-bond donors (Lipinski definition) is 1. The fraction of sp³-hybridized carbons (Fsp3) is 0.500. The van der Waals surface area contributed by atoms with Gasteiger partial charge in [-0.05, 0) is 36.5 Å². The zero-order valence-corrected chi connectivity index (χ0v) is 17.6. The monoisotopic (exact) mass is 397 g/mol. The van der Waals surface area contributed by atoms with Crippen LogP contribution in [0.15, 0.2) is 36.4 Å². The van der Waals surface area contributed by atoms with E-state index in [-0.39, 0.29) is 23.8 Å². The van der Waals surface area contributed by atoms with Crippen LogP contribution >= 0.6 is 0 Å². The van der Waals surface area contributed by atoms with Gasteiger partial charge in [0.25, 0.3) is 0 Å². The van der Waals surface area contributed by atoms with Crippen LogP contribution in [0.2, 0.25) is 0 Å². The Labute approximate surface area is 173 Å². The maximum atomic E-state index is 12.3. The van der Waals surface area contributed by atoms with E-state index in [1.165, 1.54) is 7.11 Å². The molecule has 0 unspecified atom stereocenters. The highest BCUT2D eigenvalue weighted by molar-refractivity contribution is 5.89. The molecule has 1 N–H and O–H groups in total. The first-order valence-electron chi connectivity index (χ1n) is 10.2. The second kappa shape index (κ2) is 11.4. The van der Waals surface area contributed by atoms with Crippen molar-refractivity contribution in [2.45, 2.75) is 58.1 Å². The molecule has 5 nitrogen and oxygen atoms in total. The van der Waals surface area contributed by atoms with Gasteiger partial charge in [-0.2, -0.15) is 0 Å². The third-order valence-corrected chi connectivity index (χ3v) is 5.23. The number of aliphatic hydroxyl groups is 1. The van der Waals surface area contributed by atoms with Gasteiger partial charge in [0.1, 0.15) is 0 Å². The second-order valence-electron chi connectivity index (χ2n) is 7.40. The molecule has 1 aliphatic rings. The van der Waals surface area contributed by atoms with Crippen LogP contribution in [0.4, 0.5) is 0 Å². The Morgan fingerprint density at radius 1 is 1.34 bits per heavy atom. The van der Waals surface area contributed by atoms with Crippen molar-refractivity contribution in [1.29, 1.82) is 0 Å². The number of carbonyl (C=O) groups excluding carboxylic acids is 2. The van der Waals surface area contributed by atoms with E-state index >= 15 is 0 Å². The van der Waals surface area contributed by atoms with Crippen molar-refractivity contribution in [2.24, 2.45) is 5.92 Å². The van der Waals surface area contributed by atoms with Crippen molar-refractivity contribution in [3.05, 3.63) is 47.5 Å². The van der Waals surface area contributed by atoms with Crippen LogP contribution in [-0.2, 0) is 16.0 Å². The topological polar surface area (TPSA) is 66.8 Å². The summed E-state index contributed by atoms with van der Waals surface area (Å²) in [7, 11) is 1.36. The van der Waals surface area contributed by atoms with Gasteiger partial charge in [0.15, 0.2) is 0 Å². The smallest absolute Gasteiger partial charge is 0.337 e. The van der Waals surface area contributed by atoms with Crippen molar-refractivity contribution in [1.82, 2.24) is 4.90 Å². The first-order valence-corrected chi connectivity index (χ1v) is 10.2. The Balaban J connectivity index is 1.92. The number of ether oxygens (including phenoxy) is 1. The predicted molar refractivity (Wildman–Crippen MR) is 113 cm³/mol. The van der Waals surface area contributed by atoms with Crippen LogP contribution in [0.5, 0.6) is 0 Å². The van der Waals surface area contributed by atoms with E-state index in [1.807, 2.05) is 37.0 Å². The van der Waals surface area contributed by atoms with Crippen LogP contribution in [0.25, 0.3) is 0 Å². The van der Waals surface area contributed by atoms with Gasteiger partial charge in [-0.25, -0.2) is 4.79 Å². The van der Waals surface area contributed by atoms with Crippen molar-refractivity contribution >= 4 is 11.9 Å². The Bertz CT molecular complexity index is 772. The third kappa shape index (κ3) is 6.76. The molecule has 0 radical (unpaired) electrons. The number of esters is 1. The lowest BCUT2D eigenvalue weighted by Gasteiger charge is -2.23. The highest BCUT2D eigenvalue weighted by atomic mass is 16.5. The van der Waals surface area contributed by atoms with E-state index in [1.54, 1.807) is 18.2 Å². The van der Waals surface area contributed by atoms with E-state index in [0.717, 1.165) is 18.4 Å². The highest BCUT2D eigenvalue weighted by Gasteiger charge is 2.28. The molecule has 1 saturated heterocycles. The maximum absolute atomic E-state index is 12.3. The first-order chi connectivity index (χ1) is 14.0. The van der Waals surface area contributed by atoms with Crippen LogP contribution in [-0.4, -0.2) is 47.7 Å². The summed E-state index contributed by atoms with van der Waals surface area (Å²) in [6.45, 7) is 4.60. The summed E-state index contributed by atoms with van der Waals surface area (Å²) in [4.78, 5) is 25.7. The Morgan fingerprint density at radius 3 is 2.72 bits per heavy atom. The van der Waals surface area contributed by atoms with E-state index in [4.69, 9.17) is 4.74 Å². The molecule has 0 saturated carbocycles. The van der Waals surface area contributed by atoms with Crippen molar-refractivity contribution in [3.63, 3.8) is 0 Å². The van der Waals surface area contributed by atoms with E-state index < -0.39 is 6.10 Å². The van der Waals surface area contributed by atoms with Crippen LogP contribution < -0.4 is 0 Å². The number of carbonyl (C=O) groups is 2. The minimum Gasteiger partial charge on any atom is -0.465 e. The summed E-state index contributed by atoms with van der Waals surface area (Å²) in [5.74, 6) is 5.94. The number of rotatable bonds is 8. The highest BCUT2D eigenvalue weighted by Crippen LogP contribution is 2.21. The Hall–Kier alpha value is -2.58. The number of benzene rings is 1. The van der Waals surface area contributed by atoms with Gasteiger partial charge < -0.3 is 14.7 Å². The average Bonchev–Trinajstić information content (AvgIpc) is 3.09. The van der Waals surface area contributed by atoms with Gasteiger partial charge in [-0.15, -0.1) is 11.8 Å². The van der Waals surface area contributed by atoms with Gasteiger partial charge in [0, 0.05) is 25.8 Å². The Morgan fingerprint density at radius 2 is 2.07 bits per heavy atom. The number of likely N-dealkylation sites (tertiary alicyclic amines) is 1. The van der Waals surface area contributed by atoms with Gasteiger partial charge in [0.05, 0.1) is 24.8 Å². The van der Waals surface area contributed by atoms with Crippen LogP contribution in [0.3, 0.4) is 0 Å². The summed E-state index contributed by atoms with van der Waals surface area (Å²) < 4.78 is 4.71. The molecule has 0 aliphatic carbocycles. The molecule has 1 fully saturated rings. The van der Waals surface area contributed by atoms with Crippen molar-refractivity contribution in [3.8, 4) is 11.8 Å². The van der Waals surface area contributed by atoms with Crippen molar-refractivity contribution < 1.29 is 19.4 Å². The first kappa shape index (κ1) is 22.7. The minimum absolute atomic E-state index is 0.0143. The molecule has 29 heavy (non-hydrogen) atoms. The standard InChI is InChI=1S/C24H31NO4/c1-4-5-6-7-18(2)22(26)14-12-21-13-15-23(27)25(21)17-16-19-8-10-20(11-9-19)24(28)29-3/h8-12,14,18,21-22,26H,4,7,13,15-17H2,1-3H3/t18-,21-,22-/m0/s1. The molecular weight excluding hydrogens is 366 g/mol. The normalized spacial score (nSPS) is 18.4. The van der Waals surface area contributed by atoms with Gasteiger partial charge >= 0.3 is 5.97 Å². The SMILES string of the molecule is CCC#CC[C@H](C)[C@@H](O)C=C[C@H]1CCC(=O)N1CCc1ccc(C(=O)OC)cc1. The zero-order valence-electron chi connectivity index (χ0n) is 17.6. The van der Waals surface area contributed by atoms with E-state index in [9.17, 15) is 14.7 Å². The molecular formula is C24H31NO4. The fourth-order valence-corrected chi connectivity index (χ4v) is 3.33. The summed E-state index contributed by atoms with van der Waals surface area (Å²) in [6, 6.07) is 7.27. The van der Waals surface area contributed by atoms with Crippen LogP contribution in [0, 0.1) is 17.8 Å².